The van der Waals surface area contributed by atoms with Gasteiger partial charge in [0.15, 0.2) is 0 Å². The average molecular weight is 2090 g/mol. The topological polar surface area (TPSA) is 623 Å². The number of thioether (sulfide) groups is 1. The number of likely N-dealkylation sites (N-methyl/N-ethyl adjacent to an activating group) is 3. The van der Waals surface area contributed by atoms with Crippen LogP contribution < -0.4 is 64.2 Å². The molecular formula is C105H153N21O22S. The molecule has 3 saturated heterocycles. The number of aromatic amines is 3. The van der Waals surface area contributed by atoms with E-state index in [2.05, 4.69) is 85.3 Å². The number of nitrogens with two attached hydrogens (primary N) is 1. The number of fused-ring (bicyclic) bond motifs is 4. The first-order valence-electron chi connectivity index (χ1n) is 52.2. The van der Waals surface area contributed by atoms with Crippen LogP contribution in [-0.4, -0.2) is 327 Å². The summed E-state index contributed by atoms with van der Waals surface area (Å²) in [7, 11) is 3.93. The molecule has 3 aromatic heterocycles. The number of unbranched alkanes of at least 4 members (excludes halogenated alkanes) is 13. The number of nitrogens with zero attached hydrogens (tertiary/aromatic N) is 6. The second-order valence-electron chi connectivity index (χ2n) is 39.6. The van der Waals surface area contributed by atoms with E-state index in [0.29, 0.717) is 76.3 Å². The number of aromatic nitrogens is 4. The number of benzene rings is 3. The third-order valence-corrected chi connectivity index (χ3v) is 28.6. The minimum atomic E-state index is -1.91. The lowest BCUT2D eigenvalue weighted by atomic mass is 10.00. The van der Waals surface area contributed by atoms with E-state index >= 15 is 43.2 Å². The van der Waals surface area contributed by atoms with Crippen molar-refractivity contribution in [2.45, 2.75) is 325 Å². The van der Waals surface area contributed by atoms with Crippen LogP contribution in [0.2, 0.25) is 0 Å². The van der Waals surface area contributed by atoms with Gasteiger partial charge in [0, 0.05) is 131 Å². The molecule has 0 spiro atoms. The van der Waals surface area contributed by atoms with Crippen molar-refractivity contribution in [2.75, 3.05) is 65.4 Å². The van der Waals surface area contributed by atoms with Gasteiger partial charge in [-0.2, -0.15) is 0 Å². The van der Waals surface area contributed by atoms with Crippen molar-refractivity contribution >= 4 is 140 Å². The number of carboxylic acid groups (broad SMARTS) is 1. The number of aliphatic hydroxyl groups excluding tert-OH is 2. The lowest BCUT2D eigenvalue weighted by Gasteiger charge is -2.36. The number of aromatic hydroxyl groups is 1. The van der Waals surface area contributed by atoms with E-state index in [4.69, 9.17) is 5.73 Å². The fraction of sp³-hybridized carbons (Fsp3) is 0.590. The molecule has 6 aromatic rings. The molecule has 9 rings (SSSR count). The molecule has 0 radical (unpaired) electrons. The maximum absolute atomic E-state index is 15.9. The van der Waals surface area contributed by atoms with Gasteiger partial charge >= 0.3 is 5.97 Å². The smallest absolute Gasteiger partial charge is 0.305 e. The highest BCUT2D eigenvalue weighted by Gasteiger charge is 2.47. The Balaban J connectivity index is 1.09. The number of aliphatic hydroxyl groups is 2. The lowest BCUT2D eigenvalue weighted by Crippen LogP contribution is -2.62. The Morgan fingerprint density at radius 1 is 0.510 bits per heavy atom. The van der Waals surface area contributed by atoms with E-state index in [0.717, 1.165) is 57.0 Å². The summed E-state index contributed by atoms with van der Waals surface area (Å²) in [6, 6.07) is -2.49. The fourth-order valence-corrected chi connectivity index (χ4v) is 19.8. The Morgan fingerprint density at radius 2 is 1.03 bits per heavy atom. The van der Waals surface area contributed by atoms with Crippen molar-refractivity contribution in [1.29, 1.82) is 0 Å². The van der Waals surface area contributed by atoms with Crippen LogP contribution in [0.1, 0.15) is 231 Å². The van der Waals surface area contributed by atoms with Crippen LogP contribution >= 0.6 is 11.8 Å². The van der Waals surface area contributed by atoms with Gasteiger partial charge in [-0.1, -0.05) is 173 Å². The van der Waals surface area contributed by atoms with Gasteiger partial charge in [-0.25, -0.2) is 4.98 Å². The van der Waals surface area contributed by atoms with E-state index in [-0.39, 0.29) is 114 Å². The highest BCUT2D eigenvalue weighted by atomic mass is 32.2. The number of para-hydroxylation sites is 2. The third kappa shape index (κ3) is 36.2. The van der Waals surface area contributed by atoms with Gasteiger partial charge in [0.25, 0.3) is 0 Å². The lowest BCUT2D eigenvalue weighted by molar-refractivity contribution is -0.149. The number of H-pyrrole nitrogens is 3. The largest absolute Gasteiger partial charge is 0.508 e. The van der Waals surface area contributed by atoms with Gasteiger partial charge in [0.05, 0.1) is 37.8 Å². The Bertz CT molecular complexity index is 5510. The number of aliphatic carboxylic acids is 1. The van der Waals surface area contributed by atoms with Crippen LogP contribution in [0.5, 0.6) is 5.75 Å². The quantitative estimate of drug-likeness (QED) is 0.0246. The third-order valence-electron chi connectivity index (χ3n) is 27.6. The second kappa shape index (κ2) is 60.2. The zero-order chi connectivity index (χ0) is 109. The number of phenolic OH excluding ortho intramolecular Hbond substituents is 1. The van der Waals surface area contributed by atoms with Crippen molar-refractivity contribution in [3.05, 3.63) is 120 Å². The molecule has 17 amide bonds. The Kier molecular flexibility index (Phi) is 48.1. The maximum Gasteiger partial charge on any atom is 0.305 e. The van der Waals surface area contributed by atoms with Crippen molar-refractivity contribution < 1.29 is 107 Å². The van der Waals surface area contributed by atoms with Crippen LogP contribution in [0.15, 0.2) is 97.7 Å². The summed E-state index contributed by atoms with van der Waals surface area (Å²) in [5.41, 5.74) is 8.46. The van der Waals surface area contributed by atoms with E-state index in [1.165, 1.54) is 108 Å². The number of carbonyl (C=O) groups is 18. The molecule has 0 saturated carbocycles. The molecule has 816 valence electrons. The van der Waals surface area contributed by atoms with Crippen molar-refractivity contribution in [2.24, 2.45) is 11.7 Å². The van der Waals surface area contributed by atoms with Crippen molar-refractivity contribution in [1.82, 2.24) is 103 Å². The van der Waals surface area contributed by atoms with Crippen LogP contribution in [-0.2, 0) is 112 Å². The Labute approximate surface area is 872 Å². The number of rotatable bonds is 39. The minimum absolute atomic E-state index is 0.00946. The molecule has 3 aliphatic rings. The molecule has 0 bridgehead atoms. The molecule has 149 heavy (non-hydrogen) atoms. The number of carboxylic acids is 1. The van der Waals surface area contributed by atoms with Crippen molar-refractivity contribution in [3.8, 4) is 5.75 Å². The van der Waals surface area contributed by atoms with E-state index in [9.17, 15) is 63.6 Å². The summed E-state index contributed by atoms with van der Waals surface area (Å²) in [5, 5.41) is 74.4. The molecule has 3 fully saturated rings. The average Bonchev–Trinajstić information content (AvgIpc) is 1.78. The normalized spacial score (nSPS) is 23.6. The molecule has 3 aliphatic heterocycles. The number of nitrogens with one attached hydrogen (secondary N) is 14. The summed E-state index contributed by atoms with van der Waals surface area (Å²) in [6.45, 7) is 8.34. The van der Waals surface area contributed by atoms with Gasteiger partial charge in [-0.3, -0.25) is 86.3 Å². The molecule has 6 heterocycles. The number of phenols is 1. The zero-order valence-electron chi connectivity index (χ0n) is 86.9. The van der Waals surface area contributed by atoms with E-state index in [1.54, 1.807) is 74.8 Å². The number of primary amides is 1. The molecule has 43 nitrogen and oxygen atoms in total. The van der Waals surface area contributed by atoms with Crippen LogP contribution in [0.4, 0.5) is 0 Å². The summed E-state index contributed by atoms with van der Waals surface area (Å²) < 4.78 is 0. The van der Waals surface area contributed by atoms with Gasteiger partial charge < -0.3 is 124 Å². The van der Waals surface area contributed by atoms with E-state index < -0.39 is 235 Å². The standard InChI is InChI=1S/C105H153N21O22S/c1-10-13-16-17-18-19-20-21-22-23-24-40-89(131)108-45-30-29-36-75-94(137)121-83(93(136)111-57-88(106)130)60-149-61-90(132)113-79(48-65-41-43-69(128)44-42-65)101(144)122(7)64(6)92(135)117-81(53-91(133)134)103(146)125-46-31-39-85(125)99(142)116-77(51-68-56-107-62-112-68)96(139)118-78(47-63(4)5)104(147)126-58-70(129)52-87(126)100(143)115-76(49-66-54-109-73-34-27-25-32-71(66)73)95(138)120-82(59-127)97(140)119-80(50-67-55-110-74-35-28-26-33-72(67)74)102(145)124(9)86(38-15-12-3)105(148)123(8)84(37-14-11-2)98(141)114-75/h25-28,32-35,41-44,54-56,62-64,70,75-87,109-110,127-129H,10-24,29-31,36-40,45-53,57-61H2,1-9H3,(H2,106,130)(H,107,112)(H,108,131)(H,111,136)(H,113,132)(H,114,141)(H,115,143)(H,116,142)(H,117,135)(H,118,139)(H,119,140)(H,120,138)(H,121,137)(H,133,134)/t64-,70+,75-,76-,77-,78-,79-,80-,81-,82-,83-,84-,85-,86-,87-/m0/s1. The minimum Gasteiger partial charge on any atom is -0.508 e. The van der Waals surface area contributed by atoms with Gasteiger partial charge in [0.1, 0.15) is 90.3 Å². The van der Waals surface area contributed by atoms with Crippen molar-refractivity contribution in [3.63, 3.8) is 0 Å². The molecule has 44 heteroatoms. The Hall–Kier alpha value is -13.5. The van der Waals surface area contributed by atoms with Gasteiger partial charge in [-0.05, 0) is 112 Å². The maximum atomic E-state index is 15.9. The zero-order valence-corrected chi connectivity index (χ0v) is 87.8. The summed E-state index contributed by atoms with van der Waals surface area (Å²) >= 11 is 0.773. The Morgan fingerprint density at radius 3 is 1.63 bits per heavy atom. The molecule has 15 atom stereocenters. The molecule has 20 N–H and O–H groups in total. The first kappa shape index (κ1) is 119. The number of amides is 17. The van der Waals surface area contributed by atoms with Crippen LogP contribution in [0.3, 0.4) is 0 Å². The first-order chi connectivity index (χ1) is 71.3. The van der Waals surface area contributed by atoms with Gasteiger partial charge in [0.2, 0.25) is 100 Å². The predicted octanol–water partition coefficient (Wildman–Crippen LogP) is 3.39. The molecule has 0 unspecified atom stereocenters. The van der Waals surface area contributed by atoms with Gasteiger partial charge in [-0.15, -0.1) is 11.8 Å². The molecule has 3 aromatic carbocycles. The summed E-state index contributed by atoms with van der Waals surface area (Å²) in [5.74, 6) is -18.4. The second-order valence-corrected chi connectivity index (χ2v) is 40.6. The summed E-state index contributed by atoms with van der Waals surface area (Å²) in [6.07, 6.45) is 16.1. The molecular weight excluding hydrogens is 1940 g/mol. The predicted molar refractivity (Wildman–Crippen MR) is 557 cm³/mol. The number of carbonyl (C=O) groups excluding carboxylic acids is 17. The SMILES string of the molecule is CCCCCCCCCCCCCC(=O)NCCCC[C@@H]1NC(=O)[C@H](CCCC)N(C)C(=O)[C@H](CCCC)N(C)C(=O)[C@H](Cc2c[nH]c3ccccc23)NC(=O)[C@H](CO)NC(=O)[C@H](Cc2c[nH]c3ccccc23)NC(=O)[C@@H]2C[C@@H](O)CN2C(=O)[C@H](CC(C)C)NC(=O)[C@H](Cc2cnc[nH]2)NC(=O)[C@@H]2CCCN2C(=O)[C@H](CC(=O)O)NC(=O)[C@H](C)N(C)C(=O)[C@H](Cc2ccc(O)cc2)NC(=O)CSC[C@@H](C(=O)NCC(N)=O)NC1=O. The number of hydrogen-bond donors (Lipinski definition) is 19. The highest BCUT2D eigenvalue weighted by molar-refractivity contribution is 8.00. The number of imidazole rings is 1. The molecule has 0 aliphatic carbocycles. The number of hydrogen-bond acceptors (Lipinski definition) is 23. The fourth-order valence-electron chi connectivity index (χ4n) is 19.0. The summed E-state index contributed by atoms with van der Waals surface area (Å²) in [4.78, 5) is 285. The monoisotopic (exact) mass is 2090 g/mol. The van der Waals surface area contributed by atoms with Crippen LogP contribution in [0.25, 0.3) is 21.8 Å². The first-order valence-corrected chi connectivity index (χ1v) is 53.4. The van der Waals surface area contributed by atoms with Crippen LogP contribution in [0, 0.1) is 5.92 Å². The van der Waals surface area contributed by atoms with E-state index in [1.807, 2.05) is 13.8 Å². The highest BCUT2D eigenvalue weighted by Crippen LogP contribution is 2.29.